The van der Waals surface area contributed by atoms with Gasteiger partial charge in [-0.2, -0.15) is 0 Å². The molecule has 4 nitrogen and oxygen atoms in total. The summed E-state index contributed by atoms with van der Waals surface area (Å²) in [4.78, 5) is 10.7. The topological polar surface area (TPSA) is 62.5 Å². The van der Waals surface area contributed by atoms with E-state index in [0.29, 0.717) is 18.3 Å². The summed E-state index contributed by atoms with van der Waals surface area (Å²) in [7, 11) is 0. The van der Waals surface area contributed by atoms with Crippen LogP contribution in [0.4, 0.5) is 0 Å². The van der Waals surface area contributed by atoms with Gasteiger partial charge in [0.2, 0.25) is 5.76 Å². The minimum atomic E-state index is -1.01. The van der Waals surface area contributed by atoms with Crippen molar-refractivity contribution in [3.05, 3.63) is 23.7 Å². The van der Waals surface area contributed by atoms with Crippen molar-refractivity contribution in [2.24, 2.45) is 5.92 Å². The lowest BCUT2D eigenvalue weighted by Gasteiger charge is -2.28. The molecule has 0 unspecified atom stereocenters. The zero-order valence-electron chi connectivity index (χ0n) is 11.5. The summed E-state index contributed by atoms with van der Waals surface area (Å²) in [5, 5.41) is 12.2. The van der Waals surface area contributed by atoms with Gasteiger partial charge in [-0.1, -0.05) is 19.8 Å². The third-order valence-electron chi connectivity index (χ3n) is 3.98. The summed E-state index contributed by atoms with van der Waals surface area (Å²) < 4.78 is 5.23. The molecule has 0 atom stereocenters. The number of aromatic carboxylic acids is 1. The molecular formula is C15H23NO3. The molecule has 0 amide bonds. The Morgan fingerprint density at radius 2 is 2.11 bits per heavy atom. The molecule has 1 aliphatic rings. The van der Waals surface area contributed by atoms with Crippen LogP contribution in [0.2, 0.25) is 0 Å². The van der Waals surface area contributed by atoms with E-state index in [4.69, 9.17) is 9.52 Å². The Labute approximate surface area is 114 Å². The van der Waals surface area contributed by atoms with Crippen molar-refractivity contribution in [3.8, 4) is 0 Å². The predicted molar refractivity (Wildman–Crippen MR) is 73.2 cm³/mol. The second-order valence-corrected chi connectivity index (χ2v) is 5.46. The maximum atomic E-state index is 10.7. The number of rotatable bonds is 6. The zero-order valence-corrected chi connectivity index (χ0v) is 11.5. The monoisotopic (exact) mass is 265 g/mol. The van der Waals surface area contributed by atoms with E-state index in [1.54, 1.807) is 6.07 Å². The van der Waals surface area contributed by atoms with Gasteiger partial charge in [0.15, 0.2) is 0 Å². The number of hydrogen-bond acceptors (Lipinski definition) is 3. The largest absolute Gasteiger partial charge is 0.475 e. The summed E-state index contributed by atoms with van der Waals surface area (Å²) in [6.45, 7) is 2.87. The molecule has 1 heterocycles. The molecule has 0 radical (unpaired) electrons. The van der Waals surface area contributed by atoms with E-state index in [2.05, 4.69) is 12.2 Å². The Hall–Kier alpha value is -1.29. The first-order chi connectivity index (χ1) is 9.19. The molecule has 0 saturated heterocycles. The quantitative estimate of drug-likeness (QED) is 0.827. The van der Waals surface area contributed by atoms with Gasteiger partial charge in [-0.3, -0.25) is 0 Å². The highest BCUT2D eigenvalue weighted by Gasteiger charge is 2.20. The van der Waals surface area contributed by atoms with E-state index in [-0.39, 0.29) is 5.76 Å². The summed E-state index contributed by atoms with van der Waals surface area (Å²) in [5.41, 5.74) is 0. The van der Waals surface area contributed by atoms with Gasteiger partial charge in [0.05, 0.1) is 6.54 Å². The molecule has 4 heteroatoms. The van der Waals surface area contributed by atoms with Gasteiger partial charge < -0.3 is 14.8 Å². The van der Waals surface area contributed by atoms with Crippen LogP contribution in [0.15, 0.2) is 16.5 Å². The average Bonchev–Trinajstić information content (AvgIpc) is 2.87. The number of hydrogen-bond donors (Lipinski definition) is 2. The lowest BCUT2D eigenvalue weighted by Crippen LogP contribution is -2.32. The molecule has 0 aromatic carbocycles. The van der Waals surface area contributed by atoms with E-state index in [1.807, 2.05) is 0 Å². The Bertz CT molecular complexity index is 405. The smallest absolute Gasteiger partial charge is 0.371 e. The van der Waals surface area contributed by atoms with Crippen LogP contribution in [0.3, 0.4) is 0 Å². The number of carboxylic acids is 1. The number of carbonyl (C=O) groups is 1. The van der Waals surface area contributed by atoms with Crippen LogP contribution in [0, 0.1) is 5.92 Å². The average molecular weight is 265 g/mol. The van der Waals surface area contributed by atoms with Crippen LogP contribution < -0.4 is 5.32 Å². The van der Waals surface area contributed by atoms with Crippen LogP contribution >= 0.6 is 0 Å². The lowest BCUT2D eigenvalue weighted by atomic mass is 9.83. The number of nitrogens with one attached hydrogen (secondary N) is 1. The molecule has 0 bridgehead atoms. The van der Waals surface area contributed by atoms with Crippen LogP contribution in [0.1, 0.15) is 61.8 Å². The molecule has 1 fully saturated rings. The predicted octanol–water partition coefficient (Wildman–Crippen LogP) is 3.43. The normalized spacial score (nSPS) is 23.4. The maximum Gasteiger partial charge on any atom is 0.371 e. The third-order valence-corrected chi connectivity index (χ3v) is 3.98. The van der Waals surface area contributed by atoms with E-state index >= 15 is 0 Å². The number of furan rings is 1. The van der Waals surface area contributed by atoms with E-state index < -0.39 is 5.97 Å². The Balaban J connectivity index is 1.72. The summed E-state index contributed by atoms with van der Waals surface area (Å²) in [6.07, 6.45) is 7.70. The minimum Gasteiger partial charge on any atom is -0.475 e. The fourth-order valence-electron chi connectivity index (χ4n) is 2.90. The van der Waals surface area contributed by atoms with Crippen molar-refractivity contribution >= 4 is 5.97 Å². The van der Waals surface area contributed by atoms with Gasteiger partial charge >= 0.3 is 5.97 Å². The molecule has 2 rings (SSSR count). The molecule has 19 heavy (non-hydrogen) atoms. The summed E-state index contributed by atoms with van der Waals surface area (Å²) >= 11 is 0. The molecule has 1 aromatic heterocycles. The first-order valence-corrected chi connectivity index (χ1v) is 7.24. The van der Waals surface area contributed by atoms with E-state index in [0.717, 1.165) is 5.92 Å². The fraction of sp³-hybridized carbons (Fsp3) is 0.667. The van der Waals surface area contributed by atoms with Gasteiger partial charge in [-0.05, 0) is 43.7 Å². The second kappa shape index (κ2) is 6.75. The molecular weight excluding hydrogens is 242 g/mol. The first kappa shape index (κ1) is 14.1. The van der Waals surface area contributed by atoms with Crippen molar-refractivity contribution in [1.29, 1.82) is 0 Å². The SMILES string of the molecule is CCCC1CCC(NCc2ccc(C(=O)O)o2)CC1. The van der Waals surface area contributed by atoms with Crippen molar-refractivity contribution in [1.82, 2.24) is 5.32 Å². The molecule has 0 spiro atoms. The highest BCUT2D eigenvalue weighted by molar-refractivity contribution is 5.84. The minimum absolute atomic E-state index is 0.0171. The van der Waals surface area contributed by atoms with E-state index in [1.165, 1.54) is 44.6 Å². The van der Waals surface area contributed by atoms with Crippen molar-refractivity contribution in [2.45, 2.75) is 58.0 Å². The van der Waals surface area contributed by atoms with Crippen molar-refractivity contribution < 1.29 is 14.3 Å². The fourth-order valence-corrected chi connectivity index (χ4v) is 2.90. The Kier molecular flexibility index (Phi) is 5.02. The van der Waals surface area contributed by atoms with Gasteiger partial charge in [-0.15, -0.1) is 0 Å². The third kappa shape index (κ3) is 4.10. The van der Waals surface area contributed by atoms with Crippen LogP contribution in [0.25, 0.3) is 0 Å². The molecule has 106 valence electrons. The van der Waals surface area contributed by atoms with Gasteiger partial charge in [0, 0.05) is 6.04 Å². The van der Waals surface area contributed by atoms with Crippen LogP contribution in [-0.4, -0.2) is 17.1 Å². The van der Waals surface area contributed by atoms with Gasteiger partial charge in [0.1, 0.15) is 5.76 Å². The molecule has 1 aromatic rings. The highest BCUT2D eigenvalue weighted by Crippen LogP contribution is 2.27. The first-order valence-electron chi connectivity index (χ1n) is 7.24. The molecule has 1 aliphatic carbocycles. The van der Waals surface area contributed by atoms with Crippen molar-refractivity contribution in [3.63, 3.8) is 0 Å². The Morgan fingerprint density at radius 1 is 1.37 bits per heavy atom. The maximum absolute atomic E-state index is 10.7. The standard InChI is InChI=1S/C15H23NO3/c1-2-3-11-4-6-12(7-5-11)16-10-13-8-9-14(19-13)15(17)18/h8-9,11-12,16H,2-7,10H2,1H3,(H,17,18). The highest BCUT2D eigenvalue weighted by atomic mass is 16.4. The van der Waals surface area contributed by atoms with Crippen LogP contribution in [0.5, 0.6) is 0 Å². The second-order valence-electron chi connectivity index (χ2n) is 5.46. The van der Waals surface area contributed by atoms with Crippen LogP contribution in [-0.2, 0) is 6.54 Å². The Morgan fingerprint density at radius 3 is 2.68 bits per heavy atom. The molecule has 2 N–H and O–H groups in total. The van der Waals surface area contributed by atoms with Gasteiger partial charge in [-0.25, -0.2) is 4.79 Å². The summed E-state index contributed by atoms with van der Waals surface area (Å²) in [6, 6.07) is 3.79. The van der Waals surface area contributed by atoms with E-state index in [9.17, 15) is 4.79 Å². The summed E-state index contributed by atoms with van der Waals surface area (Å²) in [5.74, 6) is 0.619. The number of carboxylic acid groups (broad SMARTS) is 1. The molecule has 1 saturated carbocycles. The van der Waals surface area contributed by atoms with Crippen molar-refractivity contribution in [2.75, 3.05) is 0 Å². The van der Waals surface area contributed by atoms with Gasteiger partial charge in [0.25, 0.3) is 0 Å². The zero-order chi connectivity index (χ0) is 13.7. The lowest BCUT2D eigenvalue weighted by molar-refractivity contribution is 0.0660. The molecule has 0 aliphatic heterocycles.